The van der Waals surface area contributed by atoms with Gasteiger partial charge in [0.2, 0.25) is 0 Å². The van der Waals surface area contributed by atoms with Gasteiger partial charge in [0.25, 0.3) is 0 Å². The Kier molecular flexibility index (Phi) is 5.06. The second-order valence-corrected chi connectivity index (χ2v) is 7.11. The molecule has 1 aliphatic rings. The molecule has 0 saturated heterocycles. The standard InChI is InChI=1S/C18H22N2O3S/c1-18(22,16-9-5-11-24-16)12-19-17(21)20-14-7-4-10-23-15-8-3-2-6-13(14)15/h2-3,5-6,8-9,11,14,22H,4,7,10,12H2,1H3,(H2,19,20,21). The highest BCUT2D eigenvalue weighted by Crippen LogP contribution is 2.31. The number of carbonyl (C=O) groups is 1. The van der Waals surface area contributed by atoms with Crippen LogP contribution < -0.4 is 15.4 Å². The Labute approximate surface area is 145 Å². The zero-order chi connectivity index (χ0) is 17.0. The maximum absolute atomic E-state index is 12.3. The monoisotopic (exact) mass is 346 g/mol. The van der Waals surface area contributed by atoms with E-state index in [-0.39, 0.29) is 18.6 Å². The Morgan fingerprint density at radius 2 is 2.21 bits per heavy atom. The van der Waals surface area contributed by atoms with E-state index in [0.717, 1.165) is 29.0 Å². The maximum atomic E-state index is 12.3. The lowest BCUT2D eigenvalue weighted by atomic mass is 10.0. The molecular weight excluding hydrogens is 324 g/mol. The first-order valence-corrected chi connectivity index (χ1v) is 8.97. The third-order valence-electron chi connectivity index (χ3n) is 4.14. The SMILES string of the molecule is CC(O)(CNC(=O)NC1CCCOc2ccccc21)c1cccs1. The molecule has 0 fully saturated rings. The minimum Gasteiger partial charge on any atom is -0.493 e. The van der Waals surface area contributed by atoms with Crippen molar-refractivity contribution in [3.63, 3.8) is 0 Å². The van der Waals surface area contributed by atoms with Crippen LogP contribution in [-0.2, 0) is 5.60 Å². The minimum absolute atomic E-state index is 0.0876. The van der Waals surface area contributed by atoms with Crippen LogP contribution in [0.3, 0.4) is 0 Å². The molecule has 0 saturated carbocycles. The van der Waals surface area contributed by atoms with Gasteiger partial charge in [0.1, 0.15) is 11.4 Å². The Hall–Kier alpha value is -2.05. The molecule has 0 aliphatic carbocycles. The zero-order valence-corrected chi connectivity index (χ0v) is 14.4. The van der Waals surface area contributed by atoms with Crippen LogP contribution >= 0.6 is 11.3 Å². The molecule has 3 N–H and O–H groups in total. The summed E-state index contributed by atoms with van der Waals surface area (Å²) in [6.45, 7) is 2.52. The highest BCUT2D eigenvalue weighted by molar-refractivity contribution is 7.10. The van der Waals surface area contributed by atoms with E-state index in [1.54, 1.807) is 6.92 Å². The topological polar surface area (TPSA) is 70.6 Å². The normalized spacial score (nSPS) is 19.3. The molecular formula is C18H22N2O3S. The lowest BCUT2D eigenvalue weighted by molar-refractivity contribution is 0.0630. The van der Waals surface area contributed by atoms with Crippen molar-refractivity contribution >= 4 is 17.4 Å². The summed E-state index contributed by atoms with van der Waals surface area (Å²) in [6.07, 6.45) is 1.71. The predicted octanol–water partition coefficient (Wildman–Crippen LogP) is 3.17. The fourth-order valence-electron chi connectivity index (χ4n) is 2.81. The first-order valence-electron chi connectivity index (χ1n) is 8.09. The Bertz CT molecular complexity index is 685. The first-order chi connectivity index (χ1) is 11.6. The lowest BCUT2D eigenvalue weighted by Crippen LogP contribution is -2.44. The van der Waals surface area contributed by atoms with Gasteiger partial charge < -0.3 is 20.5 Å². The van der Waals surface area contributed by atoms with E-state index < -0.39 is 5.60 Å². The van der Waals surface area contributed by atoms with Crippen molar-refractivity contribution in [2.75, 3.05) is 13.2 Å². The summed E-state index contributed by atoms with van der Waals surface area (Å²) in [5.74, 6) is 0.825. The summed E-state index contributed by atoms with van der Waals surface area (Å²) in [5.41, 5.74) is -0.0779. The van der Waals surface area contributed by atoms with E-state index in [9.17, 15) is 9.90 Å². The summed E-state index contributed by atoms with van der Waals surface area (Å²) in [6, 6.07) is 11.2. The number of fused-ring (bicyclic) bond motifs is 1. The minimum atomic E-state index is -1.07. The number of thiophene rings is 1. The molecule has 1 aliphatic heterocycles. The van der Waals surface area contributed by atoms with Gasteiger partial charge in [-0.05, 0) is 37.3 Å². The van der Waals surface area contributed by atoms with Crippen LogP contribution in [0, 0.1) is 0 Å². The number of aliphatic hydroxyl groups is 1. The number of hydrogen-bond donors (Lipinski definition) is 3. The molecule has 128 valence electrons. The van der Waals surface area contributed by atoms with Crippen molar-refractivity contribution in [2.45, 2.75) is 31.4 Å². The van der Waals surface area contributed by atoms with Crippen LogP contribution in [0.4, 0.5) is 4.79 Å². The molecule has 1 aromatic heterocycles. The predicted molar refractivity (Wildman–Crippen MR) is 94.3 cm³/mol. The third-order valence-corrected chi connectivity index (χ3v) is 5.26. The second kappa shape index (κ2) is 7.23. The average molecular weight is 346 g/mol. The summed E-state index contributed by atoms with van der Waals surface area (Å²) < 4.78 is 5.71. The summed E-state index contributed by atoms with van der Waals surface area (Å²) >= 11 is 1.47. The molecule has 6 heteroatoms. The van der Waals surface area contributed by atoms with Crippen LogP contribution in [0.5, 0.6) is 5.75 Å². The number of amides is 2. The van der Waals surface area contributed by atoms with Gasteiger partial charge in [0.15, 0.2) is 0 Å². The average Bonchev–Trinajstić information content (AvgIpc) is 3.05. The van der Waals surface area contributed by atoms with Crippen molar-refractivity contribution in [1.82, 2.24) is 10.6 Å². The molecule has 24 heavy (non-hydrogen) atoms. The van der Waals surface area contributed by atoms with Gasteiger partial charge in [-0.2, -0.15) is 0 Å². The first kappa shape index (κ1) is 16.8. The largest absolute Gasteiger partial charge is 0.493 e. The molecule has 2 atom stereocenters. The Morgan fingerprint density at radius 1 is 1.38 bits per heavy atom. The van der Waals surface area contributed by atoms with Gasteiger partial charge in [-0.15, -0.1) is 11.3 Å². The highest BCUT2D eigenvalue weighted by atomic mass is 32.1. The fraction of sp³-hybridized carbons (Fsp3) is 0.389. The van der Waals surface area contributed by atoms with E-state index in [4.69, 9.17) is 4.74 Å². The van der Waals surface area contributed by atoms with E-state index in [0.29, 0.717) is 6.61 Å². The molecule has 5 nitrogen and oxygen atoms in total. The van der Waals surface area contributed by atoms with Gasteiger partial charge in [-0.1, -0.05) is 24.3 Å². The number of benzene rings is 1. The van der Waals surface area contributed by atoms with Crippen LogP contribution in [0.1, 0.15) is 36.2 Å². The number of urea groups is 1. The van der Waals surface area contributed by atoms with Crippen LogP contribution in [0.2, 0.25) is 0 Å². The summed E-state index contributed by atoms with van der Waals surface area (Å²) in [5, 5.41) is 18.2. The van der Waals surface area contributed by atoms with Gasteiger partial charge in [-0.3, -0.25) is 0 Å². The Balaban J connectivity index is 1.61. The summed E-state index contributed by atoms with van der Waals surface area (Å²) in [7, 11) is 0. The van der Waals surface area contributed by atoms with Crippen molar-refractivity contribution in [1.29, 1.82) is 0 Å². The van der Waals surface area contributed by atoms with Crippen molar-refractivity contribution in [3.8, 4) is 5.75 Å². The number of rotatable bonds is 4. The number of nitrogens with one attached hydrogen (secondary N) is 2. The molecule has 0 spiro atoms. The molecule has 1 aromatic carbocycles. The number of ether oxygens (including phenoxy) is 1. The summed E-state index contributed by atoms with van der Waals surface area (Å²) in [4.78, 5) is 13.1. The van der Waals surface area contributed by atoms with Crippen LogP contribution in [0.15, 0.2) is 41.8 Å². The fourth-order valence-corrected chi connectivity index (χ4v) is 3.60. The highest BCUT2D eigenvalue weighted by Gasteiger charge is 2.26. The van der Waals surface area contributed by atoms with Crippen LogP contribution in [0.25, 0.3) is 0 Å². The van der Waals surface area contributed by atoms with Crippen molar-refractivity contribution < 1.29 is 14.6 Å². The van der Waals surface area contributed by atoms with Gasteiger partial charge in [-0.25, -0.2) is 4.79 Å². The van der Waals surface area contributed by atoms with Crippen molar-refractivity contribution in [3.05, 3.63) is 52.2 Å². The van der Waals surface area contributed by atoms with E-state index >= 15 is 0 Å². The number of hydrogen-bond acceptors (Lipinski definition) is 4. The van der Waals surface area contributed by atoms with Crippen LogP contribution in [-0.4, -0.2) is 24.3 Å². The van der Waals surface area contributed by atoms with E-state index in [2.05, 4.69) is 10.6 Å². The number of carbonyl (C=O) groups excluding carboxylic acids is 1. The maximum Gasteiger partial charge on any atom is 0.315 e. The molecule has 2 amide bonds. The smallest absolute Gasteiger partial charge is 0.315 e. The molecule has 0 radical (unpaired) electrons. The van der Waals surface area contributed by atoms with E-state index in [1.165, 1.54) is 11.3 Å². The Morgan fingerprint density at radius 3 is 3.00 bits per heavy atom. The number of para-hydroxylation sites is 1. The van der Waals surface area contributed by atoms with Gasteiger partial charge in [0, 0.05) is 10.4 Å². The van der Waals surface area contributed by atoms with E-state index in [1.807, 2.05) is 41.8 Å². The van der Waals surface area contributed by atoms with Crippen molar-refractivity contribution in [2.24, 2.45) is 0 Å². The molecule has 0 bridgehead atoms. The second-order valence-electron chi connectivity index (χ2n) is 6.16. The molecule has 2 unspecified atom stereocenters. The molecule has 2 heterocycles. The van der Waals surface area contributed by atoms with Gasteiger partial charge in [0.05, 0.1) is 19.2 Å². The molecule has 3 rings (SSSR count). The molecule has 2 aromatic rings. The third kappa shape index (κ3) is 3.88. The zero-order valence-electron chi connectivity index (χ0n) is 13.6. The van der Waals surface area contributed by atoms with Gasteiger partial charge >= 0.3 is 6.03 Å². The quantitative estimate of drug-likeness (QED) is 0.796. The lowest BCUT2D eigenvalue weighted by Gasteiger charge is -2.24.